The molecule has 1 aliphatic carbocycles. The van der Waals surface area contributed by atoms with Gasteiger partial charge in [-0.1, -0.05) is 36.6 Å². The smallest absolute Gasteiger partial charge is 0.113 e. The van der Waals surface area contributed by atoms with Crippen molar-refractivity contribution in [3.8, 4) is 11.3 Å². The Hall–Kier alpha value is -1.19. The molecule has 0 atom stereocenters. The van der Waals surface area contributed by atoms with Gasteiger partial charge in [-0.2, -0.15) is 0 Å². The third-order valence-electron chi connectivity index (χ3n) is 4.08. The van der Waals surface area contributed by atoms with E-state index in [2.05, 4.69) is 37.4 Å². The number of thiazole rings is 1. The van der Waals surface area contributed by atoms with Crippen molar-refractivity contribution in [2.75, 3.05) is 0 Å². The Labute approximate surface area is 118 Å². The first-order valence-electron chi connectivity index (χ1n) is 6.91. The molecule has 0 spiro atoms. The molecule has 2 aromatic rings. The van der Waals surface area contributed by atoms with Crippen molar-refractivity contribution in [1.29, 1.82) is 0 Å². The Morgan fingerprint density at radius 3 is 2.63 bits per heavy atom. The number of aryl methyl sites for hydroxylation is 2. The normalized spacial score (nSPS) is 17.8. The van der Waals surface area contributed by atoms with Crippen LogP contribution in [0.5, 0.6) is 0 Å². The topological polar surface area (TPSA) is 38.9 Å². The molecule has 0 saturated heterocycles. The average Bonchev–Trinajstić information content (AvgIpc) is 2.99. The molecule has 1 aliphatic rings. The van der Waals surface area contributed by atoms with Gasteiger partial charge < -0.3 is 5.73 Å². The summed E-state index contributed by atoms with van der Waals surface area (Å²) in [6, 6.07) is 6.53. The Morgan fingerprint density at radius 2 is 1.95 bits per heavy atom. The molecule has 0 aliphatic heterocycles. The van der Waals surface area contributed by atoms with Crippen molar-refractivity contribution >= 4 is 11.3 Å². The lowest BCUT2D eigenvalue weighted by atomic mass is 10.00. The monoisotopic (exact) mass is 272 g/mol. The second-order valence-electron chi connectivity index (χ2n) is 5.72. The number of rotatable bonds is 2. The zero-order valence-corrected chi connectivity index (χ0v) is 12.4. The molecule has 0 bridgehead atoms. The van der Waals surface area contributed by atoms with Gasteiger partial charge in [-0.15, -0.1) is 11.3 Å². The van der Waals surface area contributed by atoms with Crippen LogP contribution in [0.1, 0.15) is 41.8 Å². The lowest BCUT2D eigenvalue weighted by molar-refractivity contribution is 0.459. The summed E-state index contributed by atoms with van der Waals surface area (Å²) in [5.41, 5.74) is 11.2. The number of hydrogen-bond donors (Lipinski definition) is 1. The van der Waals surface area contributed by atoms with E-state index in [1.165, 1.54) is 29.5 Å². The number of nitrogens with two attached hydrogens (primary N) is 1. The van der Waals surface area contributed by atoms with E-state index in [1.807, 2.05) is 0 Å². The van der Waals surface area contributed by atoms with E-state index >= 15 is 0 Å². The van der Waals surface area contributed by atoms with Crippen LogP contribution in [0.3, 0.4) is 0 Å². The van der Waals surface area contributed by atoms with Crippen molar-refractivity contribution < 1.29 is 0 Å². The van der Waals surface area contributed by atoms with Crippen molar-refractivity contribution in [3.05, 3.63) is 39.7 Å². The highest BCUT2D eigenvalue weighted by atomic mass is 32.1. The summed E-state index contributed by atoms with van der Waals surface area (Å²) in [5, 5.41) is 3.26. The van der Waals surface area contributed by atoms with Crippen LogP contribution in [-0.4, -0.2) is 4.98 Å². The van der Waals surface area contributed by atoms with E-state index in [-0.39, 0.29) is 5.54 Å². The van der Waals surface area contributed by atoms with Crippen LogP contribution in [0, 0.1) is 13.8 Å². The summed E-state index contributed by atoms with van der Waals surface area (Å²) in [7, 11) is 0. The minimum absolute atomic E-state index is 0.165. The molecule has 1 aromatic carbocycles. The molecule has 2 N–H and O–H groups in total. The van der Waals surface area contributed by atoms with Gasteiger partial charge in [-0.05, 0) is 32.3 Å². The van der Waals surface area contributed by atoms with Crippen molar-refractivity contribution in [2.24, 2.45) is 5.73 Å². The maximum Gasteiger partial charge on any atom is 0.113 e. The first-order valence-corrected chi connectivity index (χ1v) is 7.79. The third-order valence-corrected chi connectivity index (χ3v) is 5.15. The van der Waals surface area contributed by atoms with Crippen molar-refractivity contribution in [3.63, 3.8) is 0 Å². The molecule has 100 valence electrons. The minimum atomic E-state index is -0.165. The lowest BCUT2D eigenvalue weighted by Crippen LogP contribution is -2.32. The summed E-state index contributed by atoms with van der Waals surface area (Å²) < 4.78 is 0. The predicted octanol–water partition coefficient (Wildman–Crippen LogP) is 4.15. The van der Waals surface area contributed by atoms with Crippen molar-refractivity contribution in [2.45, 2.75) is 45.1 Å². The van der Waals surface area contributed by atoms with Crippen LogP contribution < -0.4 is 5.73 Å². The molecule has 0 radical (unpaired) electrons. The Morgan fingerprint density at radius 1 is 1.21 bits per heavy atom. The number of aromatic nitrogens is 1. The van der Waals surface area contributed by atoms with Gasteiger partial charge in [-0.25, -0.2) is 4.98 Å². The largest absolute Gasteiger partial charge is 0.319 e. The standard InChI is InChI=1S/C16H20N2S/c1-11-5-6-13(12(2)9-11)14-10-19-15(18-14)16(17)7-3-4-8-16/h5-6,9-10H,3-4,7-8,17H2,1-2H3. The Bertz CT molecular complexity index is 595. The van der Waals surface area contributed by atoms with Gasteiger partial charge in [0.15, 0.2) is 0 Å². The van der Waals surface area contributed by atoms with E-state index in [0.29, 0.717) is 0 Å². The quantitative estimate of drug-likeness (QED) is 0.891. The molecule has 1 saturated carbocycles. The lowest BCUT2D eigenvalue weighted by Gasteiger charge is -2.19. The van der Waals surface area contributed by atoms with Crippen LogP contribution in [0.25, 0.3) is 11.3 Å². The zero-order valence-electron chi connectivity index (χ0n) is 11.6. The first-order chi connectivity index (χ1) is 9.08. The number of hydrogen-bond acceptors (Lipinski definition) is 3. The van der Waals surface area contributed by atoms with Gasteiger partial charge in [0.1, 0.15) is 5.01 Å². The van der Waals surface area contributed by atoms with Crippen LogP contribution in [-0.2, 0) is 5.54 Å². The average molecular weight is 272 g/mol. The second-order valence-corrected chi connectivity index (χ2v) is 6.58. The van der Waals surface area contributed by atoms with E-state index < -0.39 is 0 Å². The SMILES string of the molecule is Cc1ccc(-c2csc(C3(N)CCCC3)n2)c(C)c1. The van der Waals surface area contributed by atoms with Crippen molar-refractivity contribution in [1.82, 2.24) is 4.98 Å². The van der Waals surface area contributed by atoms with Gasteiger partial charge in [0.05, 0.1) is 11.2 Å². The molecule has 1 heterocycles. The summed E-state index contributed by atoms with van der Waals surface area (Å²) >= 11 is 1.72. The second kappa shape index (κ2) is 4.73. The van der Waals surface area contributed by atoms with Gasteiger partial charge in [0.25, 0.3) is 0 Å². The Kier molecular flexibility index (Phi) is 3.19. The minimum Gasteiger partial charge on any atom is -0.319 e. The maximum atomic E-state index is 6.48. The van der Waals surface area contributed by atoms with Gasteiger partial charge in [-0.3, -0.25) is 0 Å². The third kappa shape index (κ3) is 2.33. The van der Waals surface area contributed by atoms with Gasteiger partial charge >= 0.3 is 0 Å². The van der Waals surface area contributed by atoms with Gasteiger partial charge in [0.2, 0.25) is 0 Å². The van der Waals surface area contributed by atoms with E-state index in [4.69, 9.17) is 10.7 Å². The fraction of sp³-hybridized carbons (Fsp3) is 0.438. The fourth-order valence-electron chi connectivity index (χ4n) is 2.95. The number of benzene rings is 1. The molecular weight excluding hydrogens is 252 g/mol. The summed E-state index contributed by atoms with van der Waals surface area (Å²) in [6.45, 7) is 4.27. The van der Waals surface area contributed by atoms with E-state index in [1.54, 1.807) is 11.3 Å². The zero-order chi connectivity index (χ0) is 13.5. The highest BCUT2D eigenvalue weighted by Crippen LogP contribution is 2.39. The summed E-state index contributed by atoms with van der Waals surface area (Å²) in [4.78, 5) is 4.82. The molecule has 0 unspecified atom stereocenters. The Balaban J connectivity index is 1.97. The predicted molar refractivity (Wildman–Crippen MR) is 81.4 cm³/mol. The van der Waals surface area contributed by atoms with E-state index in [0.717, 1.165) is 23.5 Å². The maximum absolute atomic E-state index is 6.48. The fourth-order valence-corrected chi connectivity index (χ4v) is 3.94. The molecule has 3 rings (SSSR count). The first kappa shape index (κ1) is 12.8. The molecule has 0 amide bonds. The summed E-state index contributed by atoms with van der Waals surface area (Å²) in [5.74, 6) is 0. The highest BCUT2D eigenvalue weighted by molar-refractivity contribution is 7.10. The molecule has 1 fully saturated rings. The highest BCUT2D eigenvalue weighted by Gasteiger charge is 2.34. The van der Waals surface area contributed by atoms with Gasteiger partial charge in [0, 0.05) is 10.9 Å². The molecule has 2 nitrogen and oxygen atoms in total. The van der Waals surface area contributed by atoms with Crippen LogP contribution in [0.2, 0.25) is 0 Å². The van der Waals surface area contributed by atoms with Crippen LogP contribution in [0.15, 0.2) is 23.6 Å². The molecule has 3 heteroatoms. The van der Waals surface area contributed by atoms with E-state index in [9.17, 15) is 0 Å². The van der Waals surface area contributed by atoms with Crippen LogP contribution >= 0.6 is 11.3 Å². The molecule has 1 aromatic heterocycles. The molecule has 19 heavy (non-hydrogen) atoms. The van der Waals surface area contributed by atoms with Crippen LogP contribution in [0.4, 0.5) is 0 Å². The summed E-state index contributed by atoms with van der Waals surface area (Å²) in [6.07, 6.45) is 4.61. The molecular formula is C16H20N2S. The number of nitrogens with zero attached hydrogens (tertiary/aromatic N) is 1.